The normalized spacial score (nSPS) is 17.8. The molecule has 0 bridgehead atoms. The number of benzene rings is 2. The third kappa shape index (κ3) is 3.05. The fourth-order valence-electron chi connectivity index (χ4n) is 3.16. The number of nitrogens with one attached hydrogen (secondary N) is 1. The Morgan fingerprint density at radius 2 is 1.93 bits per heavy atom. The fraction of sp³-hybridized carbons (Fsp3) is 0.158. The second kappa shape index (κ2) is 6.93. The summed E-state index contributed by atoms with van der Waals surface area (Å²) < 4.78 is 10.5. The molecule has 0 radical (unpaired) electrons. The zero-order valence-electron chi connectivity index (χ0n) is 14.7. The minimum atomic E-state index is -0.531. The summed E-state index contributed by atoms with van der Waals surface area (Å²) in [6.07, 6.45) is 1.41. The Balaban J connectivity index is 1.69. The molecule has 2 aromatic carbocycles. The van der Waals surface area contributed by atoms with Crippen LogP contribution < -0.4 is 14.8 Å². The Morgan fingerprint density at radius 1 is 1.25 bits per heavy atom. The van der Waals surface area contributed by atoms with Crippen LogP contribution in [-0.4, -0.2) is 27.6 Å². The Morgan fingerprint density at radius 3 is 2.61 bits per heavy atom. The standard InChI is InChI=1S/C19H15N3O5S/c1-11(12-5-3-2-4-6-12)21-18(23)14(20-19(21)28)7-13-8-16-17(27-10-26-16)9-15(13)22(24)25/h2-9,11H,10H2,1H3,(H,20,28)/b14-7-. The third-order valence-corrected chi connectivity index (χ3v) is 4.90. The van der Waals surface area contributed by atoms with Gasteiger partial charge >= 0.3 is 0 Å². The summed E-state index contributed by atoms with van der Waals surface area (Å²) in [4.78, 5) is 25.3. The number of thiocarbonyl (C=S) groups is 1. The average molecular weight is 397 g/mol. The molecule has 1 N–H and O–H groups in total. The van der Waals surface area contributed by atoms with Gasteiger partial charge in [-0.05, 0) is 36.8 Å². The molecule has 1 atom stereocenters. The van der Waals surface area contributed by atoms with E-state index in [9.17, 15) is 14.9 Å². The van der Waals surface area contributed by atoms with Gasteiger partial charge in [-0.2, -0.15) is 0 Å². The van der Waals surface area contributed by atoms with Gasteiger partial charge in [0.2, 0.25) is 6.79 Å². The van der Waals surface area contributed by atoms with Crippen LogP contribution >= 0.6 is 12.2 Å². The van der Waals surface area contributed by atoms with Crippen molar-refractivity contribution in [2.45, 2.75) is 13.0 Å². The smallest absolute Gasteiger partial charge is 0.280 e. The van der Waals surface area contributed by atoms with Crippen molar-refractivity contribution in [3.8, 4) is 11.5 Å². The lowest BCUT2D eigenvalue weighted by atomic mass is 10.1. The van der Waals surface area contributed by atoms with Gasteiger partial charge in [-0.15, -0.1) is 0 Å². The van der Waals surface area contributed by atoms with Crippen LogP contribution in [0.5, 0.6) is 11.5 Å². The van der Waals surface area contributed by atoms with E-state index >= 15 is 0 Å². The Labute approximate surface area is 165 Å². The molecule has 0 saturated carbocycles. The van der Waals surface area contributed by atoms with Crippen LogP contribution in [0.4, 0.5) is 5.69 Å². The molecule has 2 aliphatic rings. The van der Waals surface area contributed by atoms with Crippen LogP contribution in [0.15, 0.2) is 48.2 Å². The highest BCUT2D eigenvalue weighted by Gasteiger charge is 2.35. The number of carbonyl (C=O) groups is 1. The summed E-state index contributed by atoms with van der Waals surface area (Å²) in [7, 11) is 0. The molecule has 0 spiro atoms. The number of nitrogens with zero attached hydrogens (tertiary/aromatic N) is 2. The van der Waals surface area contributed by atoms with E-state index in [1.165, 1.54) is 23.1 Å². The highest BCUT2D eigenvalue weighted by molar-refractivity contribution is 7.80. The molecule has 2 aromatic rings. The summed E-state index contributed by atoms with van der Waals surface area (Å²) in [6.45, 7) is 1.86. The quantitative estimate of drug-likeness (QED) is 0.367. The first-order valence-corrected chi connectivity index (χ1v) is 8.86. The monoisotopic (exact) mass is 397 g/mol. The molecule has 28 heavy (non-hydrogen) atoms. The van der Waals surface area contributed by atoms with Gasteiger partial charge in [0.25, 0.3) is 11.6 Å². The number of ether oxygens (including phenoxy) is 2. The van der Waals surface area contributed by atoms with E-state index in [1.807, 2.05) is 37.3 Å². The molecule has 4 rings (SSSR count). The first kappa shape index (κ1) is 17.9. The number of fused-ring (bicyclic) bond motifs is 1. The van der Waals surface area contributed by atoms with Crippen molar-refractivity contribution in [2.75, 3.05) is 6.79 Å². The minimum Gasteiger partial charge on any atom is -0.454 e. The van der Waals surface area contributed by atoms with Gasteiger partial charge in [-0.25, -0.2) is 0 Å². The van der Waals surface area contributed by atoms with E-state index in [4.69, 9.17) is 21.7 Å². The summed E-state index contributed by atoms with van der Waals surface area (Å²) in [6, 6.07) is 12.0. The van der Waals surface area contributed by atoms with E-state index in [0.29, 0.717) is 11.5 Å². The Bertz CT molecular complexity index is 1020. The van der Waals surface area contributed by atoms with E-state index in [1.54, 1.807) is 0 Å². The minimum absolute atomic E-state index is 0.00382. The molecular weight excluding hydrogens is 382 g/mol. The highest BCUT2D eigenvalue weighted by atomic mass is 32.1. The van der Waals surface area contributed by atoms with Crippen LogP contribution in [-0.2, 0) is 4.79 Å². The zero-order valence-corrected chi connectivity index (χ0v) is 15.6. The lowest BCUT2D eigenvalue weighted by Crippen LogP contribution is -2.33. The van der Waals surface area contributed by atoms with Crippen molar-refractivity contribution in [3.63, 3.8) is 0 Å². The summed E-state index contributed by atoms with van der Waals surface area (Å²) in [5.74, 6) is 0.336. The van der Waals surface area contributed by atoms with Crippen LogP contribution in [0.25, 0.3) is 6.08 Å². The highest BCUT2D eigenvalue weighted by Crippen LogP contribution is 2.39. The molecule has 142 valence electrons. The number of carbonyl (C=O) groups excluding carboxylic acids is 1. The third-order valence-electron chi connectivity index (χ3n) is 4.60. The van der Waals surface area contributed by atoms with Crippen molar-refractivity contribution >= 4 is 35.0 Å². The van der Waals surface area contributed by atoms with Crippen LogP contribution in [0.3, 0.4) is 0 Å². The van der Waals surface area contributed by atoms with Gasteiger partial charge < -0.3 is 14.8 Å². The Kier molecular flexibility index (Phi) is 4.44. The van der Waals surface area contributed by atoms with E-state index in [2.05, 4.69) is 5.32 Å². The van der Waals surface area contributed by atoms with Gasteiger partial charge in [-0.3, -0.25) is 19.8 Å². The van der Waals surface area contributed by atoms with Crippen LogP contribution in [0, 0.1) is 10.1 Å². The number of nitro benzene ring substituents is 1. The van der Waals surface area contributed by atoms with Crippen molar-refractivity contribution < 1.29 is 19.2 Å². The molecule has 8 nitrogen and oxygen atoms in total. The lowest BCUT2D eigenvalue weighted by molar-refractivity contribution is -0.385. The molecule has 1 saturated heterocycles. The first-order valence-electron chi connectivity index (χ1n) is 8.45. The fourth-order valence-corrected chi connectivity index (χ4v) is 3.51. The van der Waals surface area contributed by atoms with Crippen molar-refractivity contribution in [2.24, 2.45) is 0 Å². The molecule has 1 fully saturated rings. The molecule has 1 unspecified atom stereocenters. The number of hydrogen-bond donors (Lipinski definition) is 1. The number of nitro groups is 1. The second-order valence-electron chi connectivity index (χ2n) is 6.27. The molecule has 2 aliphatic heterocycles. The maximum Gasteiger partial charge on any atom is 0.280 e. The first-order chi connectivity index (χ1) is 13.5. The molecule has 9 heteroatoms. The van der Waals surface area contributed by atoms with E-state index in [-0.39, 0.29) is 40.8 Å². The molecule has 0 aromatic heterocycles. The molecular formula is C19H15N3O5S. The van der Waals surface area contributed by atoms with E-state index in [0.717, 1.165) is 5.56 Å². The molecule has 2 heterocycles. The lowest BCUT2D eigenvalue weighted by Gasteiger charge is -2.23. The number of rotatable bonds is 4. The van der Waals surface area contributed by atoms with Gasteiger partial charge in [0.1, 0.15) is 5.70 Å². The van der Waals surface area contributed by atoms with Crippen molar-refractivity contribution in [3.05, 3.63) is 69.4 Å². The zero-order chi connectivity index (χ0) is 19.8. The SMILES string of the molecule is CC(c1ccccc1)N1C(=O)/C(=C/c2cc3c(cc2[N+](=O)[O-])OCO3)NC1=S. The maximum atomic E-state index is 12.9. The maximum absolute atomic E-state index is 12.9. The number of hydrogen-bond acceptors (Lipinski definition) is 6. The van der Waals surface area contributed by atoms with Gasteiger partial charge in [-0.1, -0.05) is 30.3 Å². The molecule has 1 amide bonds. The summed E-state index contributed by atoms with van der Waals surface area (Å²) in [5.41, 5.74) is 1.12. The van der Waals surface area contributed by atoms with Crippen LogP contribution in [0.1, 0.15) is 24.1 Å². The van der Waals surface area contributed by atoms with E-state index < -0.39 is 4.92 Å². The van der Waals surface area contributed by atoms with Crippen molar-refractivity contribution in [1.29, 1.82) is 0 Å². The van der Waals surface area contributed by atoms with Crippen LogP contribution in [0.2, 0.25) is 0 Å². The van der Waals surface area contributed by atoms with Crippen molar-refractivity contribution in [1.82, 2.24) is 10.2 Å². The Hall–Kier alpha value is -3.46. The number of amides is 1. The second-order valence-corrected chi connectivity index (χ2v) is 6.66. The largest absolute Gasteiger partial charge is 0.454 e. The predicted molar refractivity (Wildman–Crippen MR) is 105 cm³/mol. The topological polar surface area (TPSA) is 93.9 Å². The predicted octanol–water partition coefficient (Wildman–Crippen LogP) is 3.14. The molecule has 0 aliphatic carbocycles. The average Bonchev–Trinajstić information content (AvgIpc) is 3.25. The summed E-state index contributed by atoms with van der Waals surface area (Å²) in [5, 5.41) is 14.5. The van der Waals surface area contributed by atoms with Gasteiger partial charge in [0.15, 0.2) is 16.6 Å². The van der Waals surface area contributed by atoms with Gasteiger partial charge in [0.05, 0.1) is 22.6 Å². The summed E-state index contributed by atoms with van der Waals surface area (Å²) >= 11 is 5.33. The van der Waals surface area contributed by atoms with Gasteiger partial charge in [0, 0.05) is 0 Å².